The molecule has 0 aliphatic carbocycles. The van der Waals surface area contributed by atoms with Crippen molar-refractivity contribution in [3.8, 4) is 0 Å². The lowest BCUT2D eigenvalue weighted by atomic mass is 10.3. The average molecular weight is 335 g/mol. The summed E-state index contributed by atoms with van der Waals surface area (Å²) >= 11 is 1.65. The van der Waals surface area contributed by atoms with Gasteiger partial charge in [-0.1, -0.05) is 23.5 Å². The summed E-state index contributed by atoms with van der Waals surface area (Å²) in [5, 5.41) is 0.971. The van der Waals surface area contributed by atoms with Crippen LogP contribution < -0.4 is 4.90 Å². The summed E-state index contributed by atoms with van der Waals surface area (Å²) in [5.41, 5.74) is 0.996. The standard InChI is InChI=1S/C15H17N3O4S/c1-11(19)21-10-22-15(20)18-8-6-17(7-9-18)14-16-12-4-2-3-5-13(12)23-14/h2-5H,6-10H2,1H3. The van der Waals surface area contributed by atoms with Crippen molar-refractivity contribution in [3.05, 3.63) is 24.3 Å². The molecule has 0 N–H and O–H groups in total. The van der Waals surface area contributed by atoms with Crippen LogP contribution in [-0.4, -0.2) is 54.9 Å². The van der Waals surface area contributed by atoms with Gasteiger partial charge in [-0.15, -0.1) is 0 Å². The predicted octanol–water partition coefficient (Wildman–Crippen LogP) is 2.08. The molecule has 1 aliphatic rings. The van der Waals surface area contributed by atoms with Crippen LogP contribution in [0.25, 0.3) is 10.2 Å². The minimum atomic E-state index is -0.474. The number of carbonyl (C=O) groups is 2. The minimum Gasteiger partial charge on any atom is -0.428 e. The molecule has 7 nitrogen and oxygen atoms in total. The first-order valence-electron chi connectivity index (χ1n) is 7.29. The highest BCUT2D eigenvalue weighted by Crippen LogP contribution is 2.29. The fraction of sp³-hybridized carbons (Fsp3) is 0.400. The molecular formula is C15H17N3O4S. The molecule has 1 amide bonds. The summed E-state index contributed by atoms with van der Waals surface area (Å²) in [5.74, 6) is -0.474. The molecule has 0 bridgehead atoms. The van der Waals surface area contributed by atoms with E-state index in [2.05, 4.69) is 20.7 Å². The number of hydrogen-bond acceptors (Lipinski definition) is 7. The molecule has 0 unspecified atom stereocenters. The van der Waals surface area contributed by atoms with Crippen LogP contribution in [0.5, 0.6) is 0 Å². The Bertz CT molecular complexity index is 677. The summed E-state index contributed by atoms with van der Waals surface area (Å²) in [6.45, 7) is 3.42. The Morgan fingerprint density at radius 3 is 2.61 bits per heavy atom. The summed E-state index contributed by atoms with van der Waals surface area (Å²) in [6, 6.07) is 8.03. The molecule has 0 saturated carbocycles. The molecule has 1 aromatic heterocycles. The second-order valence-electron chi connectivity index (χ2n) is 5.10. The SMILES string of the molecule is CC(=O)OCOC(=O)N1CCN(c2nc3ccccc3s2)CC1. The summed E-state index contributed by atoms with van der Waals surface area (Å²) in [4.78, 5) is 30.9. The number of fused-ring (bicyclic) bond motifs is 1. The van der Waals surface area contributed by atoms with Gasteiger partial charge in [0.15, 0.2) is 5.13 Å². The van der Waals surface area contributed by atoms with Gasteiger partial charge in [-0.2, -0.15) is 0 Å². The van der Waals surface area contributed by atoms with Crippen molar-refractivity contribution in [3.63, 3.8) is 0 Å². The normalized spacial score (nSPS) is 14.8. The number of nitrogens with zero attached hydrogens (tertiary/aromatic N) is 3. The molecular weight excluding hydrogens is 318 g/mol. The van der Waals surface area contributed by atoms with E-state index in [0.29, 0.717) is 26.2 Å². The smallest absolute Gasteiger partial charge is 0.412 e. The van der Waals surface area contributed by atoms with E-state index in [1.165, 1.54) is 6.92 Å². The van der Waals surface area contributed by atoms with Crippen LogP contribution in [0.15, 0.2) is 24.3 Å². The topological polar surface area (TPSA) is 72.0 Å². The zero-order chi connectivity index (χ0) is 16.2. The van der Waals surface area contributed by atoms with Gasteiger partial charge in [-0.25, -0.2) is 9.78 Å². The largest absolute Gasteiger partial charge is 0.428 e. The number of hydrogen-bond donors (Lipinski definition) is 0. The van der Waals surface area contributed by atoms with Crippen molar-refractivity contribution >= 4 is 38.7 Å². The van der Waals surface area contributed by atoms with E-state index in [4.69, 9.17) is 4.74 Å². The lowest BCUT2D eigenvalue weighted by Gasteiger charge is -2.33. The molecule has 0 radical (unpaired) electrons. The Morgan fingerprint density at radius 2 is 1.91 bits per heavy atom. The second-order valence-corrected chi connectivity index (χ2v) is 6.11. The monoisotopic (exact) mass is 335 g/mol. The molecule has 2 heterocycles. The number of para-hydroxylation sites is 1. The maximum Gasteiger partial charge on any atom is 0.412 e. The number of piperazine rings is 1. The number of ether oxygens (including phenoxy) is 2. The maximum atomic E-state index is 11.8. The Kier molecular flexibility index (Phi) is 4.61. The van der Waals surface area contributed by atoms with Gasteiger partial charge in [-0.05, 0) is 12.1 Å². The number of amides is 1. The maximum absolute atomic E-state index is 11.8. The van der Waals surface area contributed by atoms with E-state index >= 15 is 0 Å². The van der Waals surface area contributed by atoms with Crippen molar-refractivity contribution in [2.45, 2.75) is 6.92 Å². The van der Waals surface area contributed by atoms with Gasteiger partial charge in [0.25, 0.3) is 0 Å². The molecule has 8 heteroatoms. The number of aromatic nitrogens is 1. The molecule has 1 saturated heterocycles. The van der Waals surface area contributed by atoms with Gasteiger partial charge < -0.3 is 19.3 Å². The van der Waals surface area contributed by atoms with Gasteiger partial charge in [0, 0.05) is 33.1 Å². The summed E-state index contributed by atoms with van der Waals surface area (Å²) in [6.07, 6.45) is -0.463. The van der Waals surface area contributed by atoms with E-state index in [0.717, 1.165) is 15.3 Å². The minimum absolute atomic E-state index is 0.341. The zero-order valence-corrected chi connectivity index (χ0v) is 13.5. The first-order chi connectivity index (χ1) is 11.1. The van der Waals surface area contributed by atoms with E-state index in [-0.39, 0.29) is 6.79 Å². The Hall–Kier alpha value is -2.35. The van der Waals surface area contributed by atoms with Crippen molar-refractivity contribution in [2.75, 3.05) is 37.9 Å². The second kappa shape index (κ2) is 6.82. The molecule has 1 aromatic carbocycles. The van der Waals surface area contributed by atoms with E-state index < -0.39 is 12.1 Å². The lowest BCUT2D eigenvalue weighted by Crippen LogP contribution is -2.49. The Labute approximate surface area is 137 Å². The third kappa shape index (κ3) is 3.70. The Balaban J connectivity index is 1.53. The third-order valence-electron chi connectivity index (χ3n) is 3.54. The van der Waals surface area contributed by atoms with E-state index in [1.807, 2.05) is 18.2 Å². The number of esters is 1. The molecule has 1 fully saturated rings. The predicted molar refractivity (Wildman–Crippen MR) is 86.5 cm³/mol. The average Bonchev–Trinajstić information content (AvgIpc) is 2.98. The fourth-order valence-electron chi connectivity index (χ4n) is 2.33. The van der Waals surface area contributed by atoms with Gasteiger partial charge in [0.2, 0.25) is 6.79 Å². The highest BCUT2D eigenvalue weighted by Gasteiger charge is 2.24. The molecule has 23 heavy (non-hydrogen) atoms. The van der Waals surface area contributed by atoms with Gasteiger partial charge in [-0.3, -0.25) is 4.79 Å². The summed E-state index contributed by atoms with van der Waals surface area (Å²) in [7, 11) is 0. The van der Waals surface area contributed by atoms with Crippen LogP contribution in [0.1, 0.15) is 6.92 Å². The van der Waals surface area contributed by atoms with Crippen LogP contribution in [0.4, 0.5) is 9.93 Å². The van der Waals surface area contributed by atoms with Crippen molar-refractivity contribution in [2.24, 2.45) is 0 Å². The van der Waals surface area contributed by atoms with Crippen LogP contribution in [0.2, 0.25) is 0 Å². The van der Waals surface area contributed by atoms with Gasteiger partial charge in [0.05, 0.1) is 10.2 Å². The van der Waals surface area contributed by atoms with Crippen LogP contribution in [0.3, 0.4) is 0 Å². The molecule has 122 valence electrons. The van der Waals surface area contributed by atoms with Crippen LogP contribution >= 0.6 is 11.3 Å². The van der Waals surface area contributed by atoms with E-state index in [9.17, 15) is 9.59 Å². The number of carbonyl (C=O) groups excluding carboxylic acids is 2. The number of thiazole rings is 1. The quantitative estimate of drug-likeness (QED) is 0.632. The van der Waals surface area contributed by atoms with Crippen molar-refractivity contribution in [1.82, 2.24) is 9.88 Å². The molecule has 1 aliphatic heterocycles. The molecule has 2 aromatic rings. The van der Waals surface area contributed by atoms with Crippen molar-refractivity contribution < 1.29 is 19.1 Å². The number of rotatable bonds is 3. The zero-order valence-electron chi connectivity index (χ0n) is 12.7. The lowest BCUT2D eigenvalue weighted by molar-refractivity contribution is -0.149. The number of anilines is 1. The first kappa shape index (κ1) is 15.5. The van der Waals surface area contributed by atoms with Crippen molar-refractivity contribution in [1.29, 1.82) is 0 Å². The van der Waals surface area contributed by atoms with Gasteiger partial charge >= 0.3 is 12.1 Å². The Morgan fingerprint density at radius 1 is 1.17 bits per heavy atom. The third-order valence-corrected chi connectivity index (χ3v) is 4.63. The highest BCUT2D eigenvalue weighted by atomic mass is 32.1. The van der Waals surface area contributed by atoms with Crippen LogP contribution in [-0.2, 0) is 14.3 Å². The molecule has 3 rings (SSSR count). The molecule has 0 atom stereocenters. The van der Waals surface area contributed by atoms with Crippen LogP contribution in [0, 0.1) is 0 Å². The fourth-order valence-corrected chi connectivity index (χ4v) is 3.35. The first-order valence-corrected chi connectivity index (χ1v) is 8.11. The van der Waals surface area contributed by atoms with E-state index in [1.54, 1.807) is 16.2 Å². The van der Waals surface area contributed by atoms with Gasteiger partial charge in [0.1, 0.15) is 0 Å². The molecule has 0 spiro atoms. The highest BCUT2D eigenvalue weighted by molar-refractivity contribution is 7.22. The summed E-state index contributed by atoms with van der Waals surface area (Å²) < 4.78 is 10.7. The number of benzene rings is 1.